The van der Waals surface area contributed by atoms with E-state index in [0.717, 1.165) is 5.69 Å². The summed E-state index contributed by atoms with van der Waals surface area (Å²) in [5, 5.41) is 2.95. The van der Waals surface area contributed by atoms with Crippen LogP contribution in [0.4, 0.5) is 0 Å². The van der Waals surface area contributed by atoms with E-state index in [1.54, 1.807) is 29.4 Å². The summed E-state index contributed by atoms with van der Waals surface area (Å²) in [4.78, 5) is 37.6. The van der Waals surface area contributed by atoms with Gasteiger partial charge < -0.3 is 19.9 Å². The number of aryl methyl sites for hydroxylation is 1. The summed E-state index contributed by atoms with van der Waals surface area (Å²) in [5.74, 6) is 0.214. The SMILES string of the molecule is Cc1[nH]cnc1C(=O)N1C[C@@H]2[C@H](CNC(=O)c3cccnc3)CO[C@@H]2C1. The third-order valence-electron chi connectivity index (χ3n) is 5.21. The van der Waals surface area contributed by atoms with Gasteiger partial charge in [-0.2, -0.15) is 0 Å². The Kier molecular flexibility index (Phi) is 4.42. The first-order chi connectivity index (χ1) is 12.6. The van der Waals surface area contributed by atoms with Crippen LogP contribution in [-0.2, 0) is 4.74 Å². The van der Waals surface area contributed by atoms with E-state index in [4.69, 9.17) is 4.74 Å². The minimum Gasteiger partial charge on any atom is -0.376 e. The molecule has 26 heavy (non-hydrogen) atoms. The predicted molar refractivity (Wildman–Crippen MR) is 92.5 cm³/mol. The van der Waals surface area contributed by atoms with Gasteiger partial charge in [0.25, 0.3) is 11.8 Å². The lowest BCUT2D eigenvalue weighted by atomic mass is 9.93. The fraction of sp³-hybridized carbons (Fsp3) is 0.444. The molecule has 0 spiro atoms. The summed E-state index contributed by atoms with van der Waals surface area (Å²) in [6.07, 6.45) is 4.74. The molecule has 8 nitrogen and oxygen atoms in total. The second kappa shape index (κ2) is 6.87. The molecule has 8 heteroatoms. The molecule has 136 valence electrons. The number of likely N-dealkylation sites (tertiary alicyclic amines) is 1. The van der Waals surface area contributed by atoms with E-state index in [1.165, 1.54) is 6.33 Å². The van der Waals surface area contributed by atoms with Gasteiger partial charge in [0.05, 0.1) is 24.6 Å². The number of aromatic amines is 1. The van der Waals surface area contributed by atoms with Crippen LogP contribution >= 0.6 is 0 Å². The Morgan fingerprint density at radius 2 is 2.31 bits per heavy atom. The van der Waals surface area contributed by atoms with Crippen LogP contribution in [0.15, 0.2) is 30.9 Å². The number of nitrogens with one attached hydrogen (secondary N) is 2. The van der Waals surface area contributed by atoms with Gasteiger partial charge in [-0.25, -0.2) is 4.98 Å². The standard InChI is InChI=1S/C18H21N5O3/c1-11-16(22-10-21-11)18(25)23-7-14-13(9-26-15(14)8-23)6-20-17(24)12-3-2-4-19-5-12/h2-5,10,13-15H,6-9H2,1H3,(H,20,24)(H,21,22)/t13-,14-,15-/m1/s1. The minimum absolute atomic E-state index is 0.0264. The van der Waals surface area contributed by atoms with Gasteiger partial charge in [0.1, 0.15) is 5.69 Å². The molecule has 2 aromatic rings. The number of H-pyrrole nitrogens is 1. The first-order valence-corrected chi connectivity index (χ1v) is 8.72. The average Bonchev–Trinajstić information content (AvgIpc) is 3.36. The molecule has 4 rings (SSSR count). The molecule has 2 amide bonds. The smallest absolute Gasteiger partial charge is 0.274 e. The maximum Gasteiger partial charge on any atom is 0.274 e. The quantitative estimate of drug-likeness (QED) is 0.838. The van der Waals surface area contributed by atoms with Crippen molar-refractivity contribution in [3.63, 3.8) is 0 Å². The van der Waals surface area contributed by atoms with E-state index >= 15 is 0 Å². The number of imidazole rings is 1. The Morgan fingerprint density at radius 3 is 3.04 bits per heavy atom. The zero-order valence-electron chi connectivity index (χ0n) is 14.5. The third kappa shape index (κ3) is 3.08. The molecule has 3 atom stereocenters. The van der Waals surface area contributed by atoms with E-state index < -0.39 is 0 Å². The molecule has 2 aromatic heterocycles. The number of hydrogen-bond acceptors (Lipinski definition) is 5. The molecule has 0 radical (unpaired) electrons. The summed E-state index contributed by atoms with van der Waals surface area (Å²) >= 11 is 0. The minimum atomic E-state index is -0.139. The van der Waals surface area contributed by atoms with Crippen molar-refractivity contribution < 1.29 is 14.3 Å². The highest BCUT2D eigenvalue weighted by molar-refractivity contribution is 5.94. The van der Waals surface area contributed by atoms with Gasteiger partial charge in [0.15, 0.2) is 0 Å². The van der Waals surface area contributed by atoms with Crippen molar-refractivity contribution in [2.75, 3.05) is 26.2 Å². The zero-order chi connectivity index (χ0) is 18.1. The summed E-state index contributed by atoms with van der Waals surface area (Å²) in [6, 6.07) is 3.47. The first kappa shape index (κ1) is 16.7. The van der Waals surface area contributed by atoms with Crippen molar-refractivity contribution in [2.24, 2.45) is 11.8 Å². The number of hydrogen-bond donors (Lipinski definition) is 2. The van der Waals surface area contributed by atoms with E-state index in [9.17, 15) is 9.59 Å². The number of pyridine rings is 1. The van der Waals surface area contributed by atoms with Crippen LogP contribution in [0.5, 0.6) is 0 Å². The molecule has 4 heterocycles. The normalized spacial score (nSPS) is 24.5. The monoisotopic (exact) mass is 355 g/mol. The Bertz CT molecular complexity index is 806. The number of fused-ring (bicyclic) bond motifs is 1. The Balaban J connectivity index is 1.35. The summed E-state index contributed by atoms with van der Waals surface area (Å²) in [7, 11) is 0. The Hall–Kier alpha value is -2.74. The number of carbonyl (C=O) groups is 2. The van der Waals surface area contributed by atoms with E-state index in [-0.39, 0.29) is 29.8 Å². The maximum atomic E-state index is 12.6. The highest BCUT2D eigenvalue weighted by Gasteiger charge is 2.45. The van der Waals surface area contributed by atoms with Gasteiger partial charge in [-0.15, -0.1) is 0 Å². The fourth-order valence-electron chi connectivity index (χ4n) is 3.72. The lowest BCUT2D eigenvalue weighted by Crippen LogP contribution is -2.35. The van der Waals surface area contributed by atoms with E-state index in [0.29, 0.717) is 37.5 Å². The second-order valence-corrected chi connectivity index (χ2v) is 6.83. The zero-order valence-corrected chi connectivity index (χ0v) is 14.5. The summed E-state index contributed by atoms with van der Waals surface area (Å²) < 4.78 is 5.87. The van der Waals surface area contributed by atoms with Crippen LogP contribution in [-0.4, -0.2) is 64.0 Å². The van der Waals surface area contributed by atoms with Crippen LogP contribution in [0, 0.1) is 18.8 Å². The van der Waals surface area contributed by atoms with E-state index in [2.05, 4.69) is 20.3 Å². The van der Waals surface area contributed by atoms with Crippen LogP contribution in [0.25, 0.3) is 0 Å². The third-order valence-corrected chi connectivity index (χ3v) is 5.21. The number of ether oxygens (including phenoxy) is 1. The number of aromatic nitrogens is 3. The fourth-order valence-corrected chi connectivity index (χ4v) is 3.72. The van der Waals surface area contributed by atoms with Crippen LogP contribution < -0.4 is 5.32 Å². The van der Waals surface area contributed by atoms with Crippen molar-refractivity contribution in [1.82, 2.24) is 25.2 Å². The molecule has 2 aliphatic heterocycles. The molecule has 0 saturated carbocycles. The maximum absolute atomic E-state index is 12.6. The van der Waals surface area contributed by atoms with Crippen molar-refractivity contribution in [1.29, 1.82) is 0 Å². The molecular formula is C18H21N5O3. The van der Waals surface area contributed by atoms with Crippen molar-refractivity contribution in [3.8, 4) is 0 Å². The lowest BCUT2D eigenvalue weighted by Gasteiger charge is -2.19. The first-order valence-electron chi connectivity index (χ1n) is 8.72. The molecule has 2 saturated heterocycles. The lowest BCUT2D eigenvalue weighted by molar-refractivity contribution is 0.0670. The molecule has 0 unspecified atom stereocenters. The number of amides is 2. The predicted octanol–water partition coefficient (Wildman–Crippen LogP) is 0.630. The summed E-state index contributed by atoms with van der Waals surface area (Å²) in [6.45, 7) is 4.17. The van der Waals surface area contributed by atoms with Gasteiger partial charge in [-0.3, -0.25) is 14.6 Å². The molecule has 0 bridgehead atoms. The molecule has 2 fully saturated rings. The van der Waals surface area contributed by atoms with Crippen LogP contribution in [0.3, 0.4) is 0 Å². The topological polar surface area (TPSA) is 100 Å². The summed E-state index contributed by atoms with van der Waals surface area (Å²) in [5.41, 5.74) is 1.78. The number of nitrogens with zero attached hydrogens (tertiary/aromatic N) is 3. The van der Waals surface area contributed by atoms with Crippen LogP contribution in [0.1, 0.15) is 26.5 Å². The number of rotatable bonds is 4. The van der Waals surface area contributed by atoms with Gasteiger partial charge in [-0.1, -0.05) is 0 Å². The van der Waals surface area contributed by atoms with Crippen molar-refractivity contribution >= 4 is 11.8 Å². The Morgan fingerprint density at radius 1 is 1.42 bits per heavy atom. The Labute approximate surface area is 151 Å². The van der Waals surface area contributed by atoms with Gasteiger partial charge in [0.2, 0.25) is 0 Å². The van der Waals surface area contributed by atoms with Crippen LogP contribution in [0.2, 0.25) is 0 Å². The highest BCUT2D eigenvalue weighted by atomic mass is 16.5. The molecule has 0 aliphatic carbocycles. The van der Waals surface area contributed by atoms with Crippen molar-refractivity contribution in [3.05, 3.63) is 47.8 Å². The van der Waals surface area contributed by atoms with Gasteiger partial charge in [-0.05, 0) is 19.1 Å². The molecule has 0 aromatic carbocycles. The second-order valence-electron chi connectivity index (χ2n) is 6.83. The number of carbonyl (C=O) groups excluding carboxylic acids is 2. The van der Waals surface area contributed by atoms with Gasteiger partial charge in [0, 0.05) is 49.6 Å². The van der Waals surface area contributed by atoms with E-state index in [1.807, 2.05) is 6.92 Å². The van der Waals surface area contributed by atoms with Gasteiger partial charge >= 0.3 is 0 Å². The molecule has 2 N–H and O–H groups in total. The highest BCUT2D eigenvalue weighted by Crippen LogP contribution is 2.34. The van der Waals surface area contributed by atoms with Crippen molar-refractivity contribution in [2.45, 2.75) is 13.0 Å². The molecular weight excluding hydrogens is 334 g/mol. The molecule has 2 aliphatic rings. The largest absolute Gasteiger partial charge is 0.376 e. The average molecular weight is 355 g/mol.